The average molecular weight is 194 g/mol. The molecule has 74 valence electrons. The minimum atomic E-state index is -0.445. The Balaban J connectivity index is 3.57. The highest BCUT2D eigenvalue weighted by Gasteiger charge is 2.11. The van der Waals surface area contributed by atoms with Crippen LogP contribution in [0.3, 0.4) is 0 Å². The molecule has 6 heteroatoms. The molecule has 14 heavy (non-hydrogen) atoms. The second kappa shape index (κ2) is 3.81. The van der Waals surface area contributed by atoms with Crippen LogP contribution in [0.25, 0.3) is 0 Å². The van der Waals surface area contributed by atoms with Crippen molar-refractivity contribution >= 4 is 5.82 Å². The third-order valence-electron chi connectivity index (χ3n) is 1.87. The summed E-state index contributed by atoms with van der Waals surface area (Å²) in [5.74, 6) is 5.78. The molecule has 0 aliphatic carbocycles. The third kappa shape index (κ3) is 1.41. The van der Waals surface area contributed by atoms with Crippen LogP contribution in [-0.4, -0.2) is 11.7 Å². The number of pyridine rings is 1. The molecule has 1 aromatic heterocycles. The maximum Gasteiger partial charge on any atom is 0.273 e. The van der Waals surface area contributed by atoms with Gasteiger partial charge in [0.2, 0.25) is 0 Å². The largest absolute Gasteiger partial charge is 0.495 e. The van der Waals surface area contributed by atoms with Crippen LogP contribution < -0.4 is 21.6 Å². The lowest BCUT2D eigenvalue weighted by Crippen LogP contribution is -2.25. The van der Waals surface area contributed by atoms with E-state index in [2.05, 4.69) is 5.43 Å². The minimum absolute atomic E-state index is 0.0333. The highest BCUT2D eigenvalue weighted by atomic mass is 16.5. The molecule has 0 saturated carbocycles. The van der Waals surface area contributed by atoms with E-state index in [1.165, 1.54) is 24.8 Å². The molecule has 1 heterocycles. The lowest BCUT2D eigenvalue weighted by molar-refractivity contribution is 0.411. The summed E-state index contributed by atoms with van der Waals surface area (Å²) in [6.45, 7) is 0. The molecule has 0 atom stereocenters. The first-order chi connectivity index (χ1) is 6.65. The number of nitrogens with two attached hydrogens (primary N) is 1. The average Bonchev–Trinajstić information content (AvgIpc) is 2.21. The van der Waals surface area contributed by atoms with Gasteiger partial charge in [-0.25, -0.2) is 5.84 Å². The highest BCUT2D eigenvalue weighted by molar-refractivity contribution is 5.50. The molecular formula is C8H10N4O2. The quantitative estimate of drug-likeness (QED) is 0.491. The predicted molar refractivity (Wildman–Crippen MR) is 50.8 cm³/mol. The van der Waals surface area contributed by atoms with Crippen molar-refractivity contribution < 1.29 is 4.74 Å². The molecule has 0 amide bonds. The van der Waals surface area contributed by atoms with E-state index in [0.29, 0.717) is 5.82 Å². The van der Waals surface area contributed by atoms with Gasteiger partial charge in [0.15, 0.2) is 5.56 Å². The molecule has 0 saturated heterocycles. The van der Waals surface area contributed by atoms with E-state index in [-0.39, 0.29) is 11.3 Å². The molecule has 1 aromatic rings. The van der Waals surface area contributed by atoms with E-state index < -0.39 is 5.56 Å². The molecule has 0 aliphatic heterocycles. The van der Waals surface area contributed by atoms with Crippen molar-refractivity contribution in [3.63, 3.8) is 0 Å². The molecular weight excluding hydrogens is 184 g/mol. The Labute approximate surface area is 80.5 Å². The number of hydrazine groups is 1. The van der Waals surface area contributed by atoms with Gasteiger partial charge < -0.3 is 10.2 Å². The van der Waals surface area contributed by atoms with Crippen LogP contribution in [0.15, 0.2) is 10.9 Å². The minimum Gasteiger partial charge on any atom is -0.495 e. The van der Waals surface area contributed by atoms with Crippen molar-refractivity contribution in [1.82, 2.24) is 4.57 Å². The fraction of sp³-hybridized carbons (Fsp3) is 0.250. The zero-order chi connectivity index (χ0) is 10.7. The summed E-state index contributed by atoms with van der Waals surface area (Å²) in [5.41, 5.74) is 1.86. The third-order valence-corrected chi connectivity index (χ3v) is 1.87. The van der Waals surface area contributed by atoms with Crippen molar-refractivity contribution in [1.29, 1.82) is 5.26 Å². The van der Waals surface area contributed by atoms with Crippen molar-refractivity contribution in [3.8, 4) is 11.8 Å². The molecule has 3 N–H and O–H groups in total. The van der Waals surface area contributed by atoms with Gasteiger partial charge in [0, 0.05) is 13.1 Å². The van der Waals surface area contributed by atoms with Gasteiger partial charge >= 0.3 is 0 Å². The van der Waals surface area contributed by atoms with E-state index in [4.69, 9.17) is 15.8 Å². The fourth-order valence-corrected chi connectivity index (χ4v) is 1.08. The Morgan fingerprint density at radius 1 is 1.71 bits per heavy atom. The summed E-state index contributed by atoms with van der Waals surface area (Å²) in [4.78, 5) is 11.5. The Bertz CT molecular complexity index is 444. The van der Waals surface area contributed by atoms with Gasteiger partial charge in [0.1, 0.15) is 17.6 Å². The number of nitrogens with one attached hydrogen (secondary N) is 1. The number of methoxy groups -OCH3 is 1. The van der Waals surface area contributed by atoms with E-state index in [9.17, 15) is 4.79 Å². The summed E-state index contributed by atoms with van der Waals surface area (Å²) in [5, 5.41) is 8.72. The normalized spacial score (nSPS) is 9.29. The van der Waals surface area contributed by atoms with Crippen LogP contribution in [0.4, 0.5) is 5.82 Å². The van der Waals surface area contributed by atoms with Crippen LogP contribution in [0.5, 0.6) is 5.75 Å². The number of nitriles is 1. The van der Waals surface area contributed by atoms with Gasteiger partial charge in [-0.15, -0.1) is 0 Å². The standard InChI is InChI=1S/C8H10N4O2/c1-12-7(11-10)3-6(14-2)5(4-9)8(12)13/h3,11H,10H2,1-2H3. The summed E-state index contributed by atoms with van der Waals surface area (Å²) in [7, 11) is 2.90. The number of ether oxygens (including phenoxy) is 1. The first kappa shape index (κ1) is 10.1. The highest BCUT2D eigenvalue weighted by Crippen LogP contribution is 2.17. The number of nitrogen functional groups attached to an aromatic ring is 1. The number of rotatable bonds is 2. The summed E-state index contributed by atoms with van der Waals surface area (Å²) < 4.78 is 6.12. The van der Waals surface area contributed by atoms with E-state index in [0.717, 1.165) is 0 Å². The molecule has 0 bridgehead atoms. The first-order valence-electron chi connectivity index (χ1n) is 3.80. The maximum atomic E-state index is 11.5. The SMILES string of the molecule is COc1cc(NN)n(C)c(=O)c1C#N. The lowest BCUT2D eigenvalue weighted by Gasteiger charge is -2.10. The van der Waals surface area contributed by atoms with Crippen molar-refractivity contribution in [2.24, 2.45) is 12.9 Å². The fourth-order valence-electron chi connectivity index (χ4n) is 1.08. The molecule has 0 aromatic carbocycles. The Morgan fingerprint density at radius 3 is 2.79 bits per heavy atom. The Kier molecular flexibility index (Phi) is 2.74. The van der Waals surface area contributed by atoms with E-state index in [1.54, 1.807) is 6.07 Å². The van der Waals surface area contributed by atoms with Crippen molar-refractivity contribution in [3.05, 3.63) is 22.0 Å². The predicted octanol–water partition coefficient (Wildman–Crippen LogP) is -0.449. The van der Waals surface area contributed by atoms with Crippen LogP contribution in [-0.2, 0) is 7.05 Å². The Morgan fingerprint density at radius 2 is 2.36 bits per heavy atom. The van der Waals surface area contributed by atoms with E-state index >= 15 is 0 Å². The van der Waals surface area contributed by atoms with Crippen LogP contribution in [0.1, 0.15) is 5.56 Å². The monoisotopic (exact) mass is 194 g/mol. The van der Waals surface area contributed by atoms with Crippen molar-refractivity contribution in [2.45, 2.75) is 0 Å². The van der Waals surface area contributed by atoms with Gasteiger partial charge in [-0.05, 0) is 0 Å². The molecule has 1 rings (SSSR count). The summed E-state index contributed by atoms with van der Waals surface area (Å²) in [6, 6.07) is 3.27. The second-order valence-corrected chi connectivity index (χ2v) is 2.59. The van der Waals surface area contributed by atoms with Gasteiger partial charge in [0.05, 0.1) is 7.11 Å². The summed E-state index contributed by atoms with van der Waals surface area (Å²) >= 11 is 0. The molecule has 0 fully saturated rings. The second-order valence-electron chi connectivity index (χ2n) is 2.59. The topological polar surface area (TPSA) is 93.1 Å². The van der Waals surface area contributed by atoms with Gasteiger partial charge in [-0.2, -0.15) is 5.26 Å². The number of hydrogen-bond donors (Lipinski definition) is 2. The molecule has 0 radical (unpaired) electrons. The Hall–Kier alpha value is -2.00. The van der Waals surface area contributed by atoms with Crippen LogP contribution >= 0.6 is 0 Å². The van der Waals surface area contributed by atoms with Gasteiger partial charge in [-0.1, -0.05) is 0 Å². The van der Waals surface area contributed by atoms with Crippen molar-refractivity contribution in [2.75, 3.05) is 12.5 Å². The van der Waals surface area contributed by atoms with Crippen LogP contribution in [0.2, 0.25) is 0 Å². The molecule has 0 aliphatic rings. The lowest BCUT2D eigenvalue weighted by atomic mass is 10.2. The number of hydrogen-bond acceptors (Lipinski definition) is 5. The zero-order valence-corrected chi connectivity index (χ0v) is 7.87. The molecule has 6 nitrogen and oxygen atoms in total. The summed E-state index contributed by atoms with van der Waals surface area (Å²) in [6.07, 6.45) is 0. The smallest absolute Gasteiger partial charge is 0.273 e. The van der Waals surface area contributed by atoms with Gasteiger partial charge in [-0.3, -0.25) is 9.36 Å². The molecule has 0 spiro atoms. The maximum absolute atomic E-state index is 11.5. The van der Waals surface area contributed by atoms with Crippen LogP contribution in [0, 0.1) is 11.3 Å². The first-order valence-corrected chi connectivity index (χ1v) is 3.80. The van der Waals surface area contributed by atoms with E-state index in [1.807, 2.05) is 0 Å². The number of anilines is 1. The molecule has 0 unspecified atom stereocenters. The zero-order valence-electron chi connectivity index (χ0n) is 7.87. The number of aromatic nitrogens is 1. The number of nitrogens with zero attached hydrogens (tertiary/aromatic N) is 2. The van der Waals surface area contributed by atoms with Gasteiger partial charge in [0.25, 0.3) is 5.56 Å².